The van der Waals surface area contributed by atoms with E-state index in [2.05, 4.69) is 5.32 Å². The molecule has 19 heavy (non-hydrogen) atoms. The monoisotopic (exact) mass is 271 g/mol. The zero-order chi connectivity index (χ0) is 14.4. The average Bonchev–Trinajstić information content (AvgIpc) is 2.79. The normalized spacial score (nSPS) is 16.9. The van der Waals surface area contributed by atoms with Crippen LogP contribution in [0, 0.1) is 5.92 Å². The van der Waals surface area contributed by atoms with Crippen molar-refractivity contribution >= 4 is 17.9 Å². The van der Waals surface area contributed by atoms with Crippen molar-refractivity contribution in [2.75, 3.05) is 13.6 Å². The second-order valence-corrected chi connectivity index (χ2v) is 5.04. The van der Waals surface area contributed by atoms with E-state index in [1.54, 1.807) is 7.05 Å². The highest BCUT2D eigenvalue weighted by Crippen LogP contribution is 2.25. The molecule has 7 heteroatoms. The molecule has 0 aliphatic heterocycles. The number of urea groups is 1. The predicted octanol–water partition coefficient (Wildman–Crippen LogP) is 0.147. The van der Waals surface area contributed by atoms with Gasteiger partial charge in [-0.1, -0.05) is 12.8 Å². The first kappa shape index (κ1) is 15.3. The van der Waals surface area contributed by atoms with Crippen LogP contribution in [0.2, 0.25) is 0 Å². The van der Waals surface area contributed by atoms with Crippen LogP contribution in [-0.2, 0) is 9.59 Å². The second kappa shape index (κ2) is 6.96. The molecule has 1 unspecified atom stereocenters. The Balaban J connectivity index is 2.45. The van der Waals surface area contributed by atoms with Crippen LogP contribution in [0.4, 0.5) is 4.79 Å². The highest BCUT2D eigenvalue weighted by Gasteiger charge is 2.25. The maximum atomic E-state index is 11.8. The van der Waals surface area contributed by atoms with Crippen molar-refractivity contribution in [3.05, 3.63) is 0 Å². The van der Waals surface area contributed by atoms with Gasteiger partial charge in [0.2, 0.25) is 5.91 Å². The molecule has 1 aliphatic carbocycles. The summed E-state index contributed by atoms with van der Waals surface area (Å²) in [6, 6.07) is -1.75. The number of amides is 3. The van der Waals surface area contributed by atoms with Crippen molar-refractivity contribution < 1.29 is 19.5 Å². The molecule has 1 rings (SSSR count). The lowest BCUT2D eigenvalue weighted by molar-refractivity contribution is -0.140. The zero-order valence-corrected chi connectivity index (χ0v) is 11.1. The molecule has 1 saturated carbocycles. The van der Waals surface area contributed by atoms with Crippen molar-refractivity contribution in [3.63, 3.8) is 0 Å². The van der Waals surface area contributed by atoms with E-state index in [1.165, 1.54) is 17.7 Å². The van der Waals surface area contributed by atoms with E-state index in [9.17, 15) is 14.4 Å². The molecule has 1 atom stereocenters. The summed E-state index contributed by atoms with van der Waals surface area (Å²) in [6.45, 7) is 0.606. The third kappa shape index (κ3) is 5.15. The van der Waals surface area contributed by atoms with Gasteiger partial charge in [-0.15, -0.1) is 0 Å². The lowest BCUT2D eigenvalue weighted by Crippen LogP contribution is -2.49. The largest absolute Gasteiger partial charge is 0.480 e. The summed E-state index contributed by atoms with van der Waals surface area (Å²) < 4.78 is 0. The lowest BCUT2D eigenvalue weighted by Gasteiger charge is -2.23. The number of aliphatic carboxylic acids is 1. The first-order valence-electron chi connectivity index (χ1n) is 6.43. The zero-order valence-electron chi connectivity index (χ0n) is 11.1. The Hall–Kier alpha value is -1.79. The van der Waals surface area contributed by atoms with Gasteiger partial charge in [-0.3, -0.25) is 4.79 Å². The van der Waals surface area contributed by atoms with E-state index in [0.717, 1.165) is 12.8 Å². The Kier molecular flexibility index (Phi) is 5.59. The van der Waals surface area contributed by atoms with Gasteiger partial charge < -0.3 is 21.1 Å². The molecule has 0 aromatic heterocycles. The second-order valence-electron chi connectivity index (χ2n) is 5.04. The van der Waals surface area contributed by atoms with Crippen LogP contribution in [0.3, 0.4) is 0 Å². The SMILES string of the molecule is CN(CC1CCCC1)C(=O)NC(CC(N)=O)C(=O)O. The topological polar surface area (TPSA) is 113 Å². The van der Waals surface area contributed by atoms with Gasteiger partial charge in [-0.25, -0.2) is 9.59 Å². The fourth-order valence-corrected chi connectivity index (χ4v) is 2.32. The molecule has 0 saturated heterocycles. The number of nitrogens with two attached hydrogens (primary N) is 1. The minimum absolute atomic E-state index is 0.404. The fourth-order valence-electron chi connectivity index (χ4n) is 2.32. The number of nitrogens with zero attached hydrogens (tertiary/aromatic N) is 1. The molecule has 0 aromatic rings. The van der Waals surface area contributed by atoms with Crippen LogP contribution in [-0.4, -0.2) is 47.5 Å². The van der Waals surface area contributed by atoms with Gasteiger partial charge in [0.1, 0.15) is 6.04 Å². The van der Waals surface area contributed by atoms with Gasteiger partial charge in [0.05, 0.1) is 6.42 Å². The Morgan fingerprint density at radius 2 is 1.95 bits per heavy atom. The van der Waals surface area contributed by atoms with E-state index in [4.69, 9.17) is 10.8 Å². The third-order valence-corrected chi connectivity index (χ3v) is 3.35. The van der Waals surface area contributed by atoms with Crippen LogP contribution >= 0.6 is 0 Å². The Labute approximate surface area is 112 Å². The Morgan fingerprint density at radius 3 is 2.42 bits per heavy atom. The van der Waals surface area contributed by atoms with Gasteiger partial charge in [0.25, 0.3) is 0 Å². The number of hydrogen-bond acceptors (Lipinski definition) is 3. The number of carbonyl (C=O) groups is 3. The number of carboxylic acid groups (broad SMARTS) is 1. The molecule has 3 amide bonds. The first-order valence-corrected chi connectivity index (χ1v) is 6.43. The van der Waals surface area contributed by atoms with E-state index in [1.807, 2.05) is 0 Å². The molecule has 0 heterocycles. The molecule has 0 aromatic carbocycles. The standard InChI is InChI=1S/C12H21N3O4/c1-15(7-8-4-2-3-5-8)12(19)14-9(11(17)18)6-10(13)16/h8-9H,2-7H2,1H3,(H2,13,16)(H,14,19)(H,17,18). The maximum absolute atomic E-state index is 11.8. The van der Waals surface area contributed by atoms with Crippen molar-refractivity contribution in [3.8, 4) is 0 Å². The highest BCUT2D eigenvalue weighted by molar-refractivity contribution is 5.87. The smallest absolute Gasteiger partial charge is 0.326 e. The molecular formula is C12H21N3O4. The van der Waals surface area contributed by atoms with Crippen molar-refractivity contribution in [2.24, 2.45) is 11.7 Å². The molecule has 108 valence electrons. The molecule has 0 bridgehead atoms. The lowest BCUT2D eigenvalue weighted by atomic mass is 10.1. The summed E-state index contributed by atoms with van der Waals surface area (Å²) in [5, 5.41) is 11.2. The molecule has 0 spiro atoms. The summed E-state index contributed by atoms with van der Waals surface area (Å²) in [4.78, 5) is 34.9. The summed E-state index contributed by atoms with van der Waals surface area (Å²) in [5.41, 5.74) is 4.95. The number of primary amides is 1. The number of carbonyl (C=O) groups excluding carboxylic acids is 2. The first-order chi connectivity index (χ1) is 8.90. The van der Waals surface area contributed by atoms with Crippen molar-refractivity contribution in [1.82, 2.24) is 10.2 Å². The summed E-state index contributed by atoms with van der Waals surface area (Å²) in [6.07, 6.45) is 4.15. The average molecular weight is 271 g/mol. The third-order valence-electron chi connectivity index (χ3n) is 3.35. The summed E-state index contributed by atoms with van der Waals surface area (Å²) in [5.74, 6) is -1.54. The summed E-state index contributed by atoms with van der Waals surface area (Å²) >= 11 is 0. The van der Waals surface area contributed by atoms with Crippen molar-refractivity contribution in [2.45, 2.75) is 38.1 Å². The predicted molar refractivity (Wildman–Crippen MR) is 68.4 cm³/mol. The van der Waals surface area contributed by atoms with E-state index < -0.39 is 30.4 Å². The van der Waals surface area contributed by atoms with Crippen molar-refractivity contribution in [1.29, 1.82) is 0 Å². The minimum atomic E-state index is -1.27. The molecule has 1 fully saturated rings. The van der Waals surface area contributed by atoms with Crippen LogP contribution in [0.15, 0.2) is 0 Å². The van der Waals surface area contributed by atoms with E-state index >= 15 is 0 Å². The number of rotatable bonds is 6. The maximum Gasteiger partial charge on any atom is 0.326 e. The van der Waals surface area contributed by atoms with Gasteiger partial charge in [-0.2, -0.15) is 0 Å². The van der Waals surface area contributed by atoms with Gasteiger partial charge in [0, 0.05) is 13.6 Å². The number of hydrogen-bond donors (Lipinski definition) is 3. The molecular weight excluding hydrogens is 250 g/mol. The van der Waals surface area contributed by atoms with E-state index in [-0.39, 0.29) is 0 Å². The van der Waals surface area contributed by atoms with E-state index in [0.29, 0.717) is 12.5 Å². The Morgan fingerprint density at radius 1 is 1.37 bits per heavy atom. The van der Waals surface area contributed by atoms with Gasteiger partial charge in [-0.05, 0) is 18.8 Å². The molecule has 7 nitrogen and oxygen atoms in total. The molecule has 4 N–H and O–H groups in total. The van der Waals surface area contributed by atoms with Crippen LogP contribution in [0.1, 0.15) is 32.1 Å². The van der Waals surface area contributed by atoms with Crippen LogP contribution in [0.25, 0.3) is 0 Å². The Bertz CT molecular complexity index is 353. The van der Waals surface area contributed by atoms with Gasteiger partial charge in [0.15, 0.2) is 0 Å². The number of carboxylic acids is 1. The van der Waals surface area contributed by atoms with Crippen LogP contribution in [0.5, 0.6) is 0 Å². The van der Waals surface area contributed by atoms with Gasteiger partial charge >= 0.3 is 12.0 Å². The fraction of sp³-hybridized carbons (Fsp3) is 0.750. The minimum Gasteiger partial charge on any atom is -0.480 e. The molecule has 1 aliphatic rings. The quantitative estimate of drug-likeness (QED) is 0.638. The molecule has 0 radical (unpaired) electrons. The highest BCUT2D eigenvalue weighted by atomic mass is 16.4. The summed E-state index contributed by atoms with van der Waals surface area (Å²) in [7, 11) is 1.62. The number of nitrogens with one attached hydrogen (secondary N) is 1. The van der Waals surface area contributed by atoms with Crippen LogP contribution < -0.4 is 11.1 Å².